The molecule has 29 heavy (non-hydrogen) atoms. The predicted molar refractivity (Wildman–Crippen MR) is 123 cm³/mol. The van der Waals surface area contributed by atoms with Gasteiger partial charge in [-0.15, -0.1) is 0 Å². The highest BCUT2D eigenvalue weighted by atomic mass is 127. The Balaban J connectivity index is 1.54. The van der Waals surface area contributed by atoms with Crippen LogP contribution in [0.4, 0.5) is 5.69 Å². The standard InChI is InChI=1S/C22H20IN3O3/c1-14-12-16(23)7-8-19(14)25-21(28)10-11-22(29)26-24-13-18-17-5-3-2-4-15(17)6-9-20(18)27/h2-9,12-13,27H,10-11H2,1H3,(H,25,28)(H,26,29). The summed E-state index contributed by atoms with van der Waals surface area (Å²) in [6.07, 6.45) is 1.46. The number of hydrogen-bond donors (Lipinski definition) is 3. The second-order valence-electron chi connectivity index (χ2n) is 6.52. The number of nitrogens with zero attached hydrogens (tertiary/aromatic N) is 1. The number of phenols is 1. The van der Waals surface area contributed by atoms with Gasteiger partial charge in [0.1, 0.15) is 5.75 Å². The van der Waals surface area contributed by atoms with Crippen LogP contribution in [0, 0.1) is 10.5 Å². The summed E-state index contributed by atoms with van der Waals surface area (Å²) < 4.78 is 1.09. The molecule has 0 aliphatic heterocycles. The highest BCUT2D eigenvalue weighted by Gasteiger charge is 2.09. The highest BCUT2D eigenvalue weighted by molar-refractivity contribution is 14.1. The first-order valence-electron chi connectivity index (χ1n) is 9.02. The number of hydrogen-bond acceptors (Lipinski definition) is 4. The number of amides is 2. The normalized spacial score (nSPS) is 11.0. The molecule has 7 heteroatoms. The summed E-state index contributed by atoms with van der Waals surface area (Å²) in [7, 11) is 0. The van der Waals surface area contributed by atoms with Gasteiger partial charge >= 0.3 is 0 Å². The molecule has 0 aromatic heterocycles. The maximum Gasteiger partial charge on any atom is 0.240 e. The third kappa shape index (κ3) is 5.54. The number of hydrazone groups is 1. The zero-order chi connectivity index (χ0) is 20.8. The molecule has 0 heterocycles. The smallest absolute Gasteiger partial charge is 0.240 e. The van der Waals surface area contributed by atoms with Gasteiger partial charge in [-0.05, 0) is 70.1 Å². The van der Waals surface area contributed by atoms with Gasteiger partial charge in [-0.25, -0.2) is 5.43 Å². The first-order valence-corrected chi connectivity index (χ1v) is 10.1. The molecule has 3 N–H and O–H groups in total. The lowest BCUT2D eigenvalue weighted by Gasteiger charge is -2.08. The molecule has 0 radical (unpaired) electrons. The van der Waals surface area contributed by atoms with E-state index in [2.05, 4.69) is 38.4 Å². The van der Waals surface area contributed by atoms with Gasteiger partial charge in [0.25, 0.3) is 0 Å². The number of aryl methyl sites for hydroxylation is 1. The van der Waals surface area contributed by atoms with Crippen LogP contribution in [0.25, 0.3) is 10.8 Å². The zero-order valence-electron chi connectivity index (χ0n) is 15.8. The molecular weight excluding hydrogens is 481 g/mol. The van der Waals surface area contributed by atoms with Crippen molar-refractivity contribution in [3.05, 3.63) is 69.3 Å². The second-order valence-corrected chi connectivity index (χ2v) is 7.77. The van der Waals surface area contributed by atoms with Gasteiger partial charge < -0.3 is 10.4 Å². The van der Waals surface area contributed by atoms with E-state index in [0.29, 0.717) is 5.56 Å². The summed E-state index contributed by atoms with van der Waals surface area (Å²) in [4.78, 5) is 24.1. The Morgan fingerprint density at radius 3 is 2.62 bits per heavy atom. The number of carbonyl (C=O) groups is 2. The molecule has 3 rings (SSSR count). The van der Waals surface area contributed by atoms with E-state index in [1.165, 1.54) is 6.21 Å². The number of aromatic hydroxyl groups is 1. The zero-order valence-corrected chi connectivity index (χ0v) is 17.9. The topological polar surface area (TPSA) is 90.8 Å². The van der Waals surface area contributed by atoms with E-state index in [-0.39, 0.29) is 30.4 Å². The van der Waals surface area contributed by atoms with Gasteiger partial charge in [0.15, 0.2) is 0 Å². The van der Waals surface area contributed by atoms with E-state index in [4.69, 9.17) is 0 Å². The average Bonchev–Trinajstić information content (AvgIpc) is 2.70. The second kappa shape index (κ2) is 9.51. The molecule has 3 aromatic rings. The highest BCUT2D eigenvalue weighted by Crippen LogP contribution is 2.25. The number of fused-ring (bicyclic) bond motifs is 1. The summed E-state index contributed by atoms with van der Waals surface area (Å²) in [6.45, 7) is 1.92. The Labute approximate surface area is 182 Å². The van der Waals surface area contributed by atoms with Crippen LogP contribution in [0.5, 0.6) is 5.75 Å². The molecule has 0 spiro atoms. The molecule has 3 aromatic carbocycles. The number of nitrogens with one attached hydrogen (secondary N) is 2. The van der Waals surface area contributed by atoms with E-state index in [0.717, 1.165) is 25.6 Å². The van der Waals surface area contributed by atoms with E-state index < -0.39 is 0 Å². The van der Waals surface area contributed by atoms with Gasteiger partial charge in [0.2, 0.25) is 11.8 Å². The molecule has 6 nitrogen and oxygen atoms in total. The minimum atomic E-state index is -0.379. The Morgan fingerprint density at radius 1 is 1.07 bits per heavy atom. The summed E-state index contributed by atoms with van der Waals surface area (Å²) in [5.41, 5.74) is 4.63. The Bertz CT molecular complexity index is 1100. The van der Waals surface area contributed by atoms with Crippen LogP contribution in [0.2, 0.25) is 0 Å². The molecule has 0 unspecified atom stereocenters. The summed E-state index contributed by atoms with van der Waals surface area (Å²) in [6, 6.07) is 16.7. The third-order valence-corrected chi connectivity index (χ3v) is 5.04. The van der Waals surface area contributed by atoms with Gasteiger partial charge in [-0.1, -0.05) is 30.3 Å². The van der Waals surface area contributed by atoms with Crippen LogP contribution in [0.15, 0.2) is 59.7 Å². The van der Waals surface area contributed by atoms with Crippen molar-refractivity contribution in [2.45, 2.75) is 19.8 Å². The molecule has 148 valence electrons. The lowest BCUT2D eigenvalue weighted by molar-refractivity contribution is -0.124. The number of rotatable bonds is 6. The van der Waals surface area contributed by atoms with E-state index in [1.54, 1.807) is 6.07 Å². The Hall–Kier alpha value is -2.94. The summed E-state index contributed by atoms with van der Waals surface area (Å²) in [5, 5.41) is 18.6. The van der Waals surface area contributed by atoms with Gasteiger partial charge in [-0.2, -0.15) is 5.10 Å². The molecular formula is C22H20IN3O3. The number of phenolic OH excluding ortho intramolecular Hbond substituents is 1. The number of benzene rings is 3. The first-order chi connectivity index (χ1) is 13.9. The number of anilines is 1. The molecule has 0 saturated carbocycles. The third-order valence-electron chi connectivity index (χ3n) is 4.37. The lowest BCUT2D eigenvalue weighted by atomic mass is 10.0. The molecule has 0 aliphatic rings. The van der Waals surface area contributed by atoms with Crippen LogP contribution in [0.3, 0.4) is 0 Å². The Morgan fingerprint density at radius 2 is 1.83 bits per heavy atom. The van der Waals surface area contributed by atoms with Gasteiger partial charge in [0.05, 0.1) is 6.21 Å². The molecule has 0 atom stereocenters. The van der Waals surface area contributed by atoms with E-state index >= 15 is 0 Å². The Kier molecular flexibility index (Phi) is 6.82. The van der Waals surface area contributed by atoms with Crippen molar-refractivity contribution in [2.24, 2.45) is 5.10 Å². The van der Waals surface area contributed by atoms with Crippen LogP contribution in [-0.2, 0) is 9.59 Å². The maximum absolute atomic E-state index is 12.1. The van der Waals surface area contributed by atoms with Crippen LogP contribution in [0.1, 0.15) is 24.0 Å². The van der Waals surface area contributed by atoms with Crippen LogP contribution >= 0.6 is 22.6 Å². The summed E-state index contributed by atoms with van der Waals surface area (Å²) >= 11 is 2.21. The number of carbonyl (C=O) groups excluding carboxylic acids is 2. The largest absolute Gasteiger partial charge is 0.507 e. The molecule has 0 aliphatic carbocycles. The van der Waals surface area contributed by atoms with Crippen LogP contribution in [-0.4, -0.2) is 23.1 Å². The monoisotopic (exact) mass is 501 g/mol. The minimum absolute atomic E-state index is 0.00804. The summed E-state index contributed by atoms with van der Waals surface area (Å²) in [5.74, 6) is -0.537. The predicted octanol–water partition coefficient (Wildman–Crippen LogP) is 4.33. The molecule has 2 amide bonds. The SMILES string of the molecule is Cc1cc(I)ccc1NC(=O)CCC(=O)NN=Cc1c(O)ccc2ccccc12. The van der Waals surface area contributed by atoms with E-state index in [9.17, 15) is 14.7 Å². The van der Waals surface area contributed by atoms with Crippen molar-refractivity contribution in [2.75, 3.05) is 5.32 Å². The van der Waals surface area contributed by atoms with Crippen molar-refractivity contribution in [3.63, 3.8) is 0 Å². The quantitative estimate of drug-likeness (QED) is 0.267. The van der Waals surface area contributed by atoms with Gasteiger partial charge in [0, 0.05) is 27.7 Å². The molecule has 0 bridgehead atoms. The fourth-order valence-electron chi connectivity index (χ4n) is 2.85. The number of halogens is 1. The molecule has 0 fully saturated rings. The van der Waals surface area contributed by atoms with Crippen molar-refractivity contribution < 1.29 is 14.7 Å². The first kappa shape index (κ1) is 20.8. The molecule has 0 saturated heterocycles. The van der Waals surface area contributed by atoms with Crippen molar-refractivity contribution in [1.82, 2.24) is 5.43 Å². The minimum Gasteiger partial charge on any atom is -0.507 e. The fourth-order valence-corrected chi connectivity index (χ4v) is 3.50. The van der Waals surface area contributed by atoms with Crippen molar-refractivity contribution >= 4 is 57.1 Å². The van der Waals surface area contributed by atoms with Crippen molar-refractivity contribution in [1.29, 1.82) is 0 Å². The lowest BCUT2D eigenvalue weighted by Crippen LogP contribution is -2.21. The van der Waals surface area contributed by atoms with E-state index in [1.807, 2.05) is 55.5 Å². The van der Waals surface area contributed by atoms with Gasteiger partial charge in [-0.3, -0.25) is 9.59 Å². The van der Waals surface area contributed by atoms with Crippen LogP contribution < -0.4 is 10.7 Å². The van der Waals surface area contributed by atoms with Crippen molar-refractivity contribution in [3.8, 4) is 5.75 Å². The maximum atomic E-state index is 12.1. The average molecular weight is 501 g/mol. The fraction of sp³-hybridized carbons (Fsp3) is 0.136.